The Morgan fingerprint density at radius 3 is 2.73 bits per heavy atom. The van der Waals surface area contributed by atoms with Gasteiger partial charge in [-0.15, -0.1) is 0 Å². The minimum Gasteiger partial charge on any atom is -0.328 e. The quantitative estimate of drug-likeness (QED) is 0.636. The molecule has 0 aliphatic carbocycles. The lowest BCUT2D eigenvalue weighted by atomic mass is 10.1. The van der Waals surface area contributed by atoms with Gasteiger partial charge in [-0.05, 0) is 49.2 Å². The molecule has 0 bridgehead atoms. The van der Waals surface area contributed by atoms with Gasteiger partial charge in [-0.25, -0.2) is 9.37 Å². The van der Waals surface area contributed by atoms with E-state index in [0.717, 1.165) is 24.2 Å². The lowest BCUT2D eigenvalue weighted by Gasteiger charge is -2.10. The highest BCUT2D eigenvalue weighted by Gasteiger charge is 2.17. The number of nitrogens with two attached hydrogens (primary N) is 1. The molecular formula is C21H18FN3O. The summed E-state index contributed by atoms with van der Waals surface area (Å²) in [6.45, 7) is 0.611. The molecule has 3 aromatic rings. The van der Waals surface area contributed by atoms with Gasteiger partial charge in [0.1, 0.15) is 11.6 Å². The highest BCUT2D eigenvalue weighted by Crippen LogP contribution is 2.16. The van der Waals surface area contributed by atoms with Crippen molar-refractivity contribution in [1.82, 2.24) is 9.55 Å². The van der Waals surface area contributed by atoms with Crippen LogP contribution in [0.3, 0.4) is 0 Å². The molecule has 1 unspecified atom stereocenters. The summed E-state index contributed by atoms with van der Waals surface area (Å²) in [6, 6.07) is 11.6. The van der Waals surface area contributed by atoms with Crippen LogP contribution in [0.5, 0.6) is 0 Å². The van der Waals surface area contributed by atoms with Crippen molar-refractivity contribution in [2.24, 2.45) is 5.73 Å². The number of nitrogens with zero attached hydrogens (tertiary/aromatic N) is 2. The maximum absolute atomic E-state index is 13.2. The lowest BCUT2D eigenvalue weighted by Crippen LogP contribution is -2.25. The molecule has 2 heterocycles. The SMILES string of the molecule is NC1CCc2nc3cc(C#Cc4cccc(F)c4)ccc3c(=O)n2CC1. The molecule has 2 N–H and O–H groups in total. The first kappa shape index (κ1) is 16.5. The summed E-state index contributed by atoms with van der Waals surface area (Å²) in [5.74, 6) is 6.42. The van der Waals surface area contributed by atoms with E-state index in [1.54, 1.807) is 28.8 Å². The fraction of sp³-hybridized carbons (Fsp3) is 0.238. The topological polar surface area (TPSA) is 60.9 Å². The molecule has 0 saturated carbocycles. The number of aryl methyl sites for hydroxylation is 1. The normalized spacial score (nSPS) is 16.5. The smallest absolute Gasteiger partial charge is 0.261 e. The molecule has 4 nitrogen and oxygen atoms in total. The monoisotopic (exact) mass is 347 g/mol. The second-order valence-electron chi connectivity index (χ2n) is 6.56. The summed E-state index contributed by atoms with van der Waals surface area (Å²) in [4.78, 5) is 17.4. The van der Waals surface area contributed by atoms with Crippen LogP contribution >= 0.6 is 0 Å². The molecule has 0 fully saturated rings. The summed E-state index contributed by atoms with van der Waals surface area (Å²) < 4.78 is 15.0. The van der Waals surface area contributed by atoms with E-state index in [4.69, 9.17) is 5.73 Å². The Morgan fingerprint density at radius 2 is 1.92 bits per heavy atom. The molecule has 0 saturated heterocycles. The van der Waals surface area contributed by atoms with Crippen molar-refractivity contribution >= 4 is 10.9 Å². The van der Waals surface area contributed by atoms with E-state index >= 15 is 0 Å². The van der Waals surface area contributed by atoms with Crippen molar-refractivity contribution in [2.45, 2.75) is 31.8 Å². The summed E-state index contributed by atoms with van der Waals surface area (Å²) >= 11 is 0. The summed E-state index contributed by atoms with van der Waals surface area (Å²) in [5.41, 5.74) is 7.99. The number of hydrogen-bond acceptors (Lipinski definition) is 3. The Hall–Kier alpha value is -2.97. The van der Waals surface area contributed by atoms with E-state index in [1.165, 1.54) is 12.1 Å². The first-order chi connectivity index (χ1) is 12.6. The number of rotatable bonds is 0. The molecule has 5 heteroatoms. The molecule has 1 atom stereocenters. The van der Waals surface area contributed by atoms with Crippen LogP contribution in [0.1, 0.15) is 29.8 Å². The molecular weight excluding hydrogens is 329 g/mol. The minimum absolute atomic E-state index is 0.0243. The molecule has 4 rings (SSSR count). The number of halogens is 1. The van der Waals surface area contributed by atoms with Crippen molar-refractivity contribution in [1.29, 1.82) is 0 Å². The second kappa shape index (κ2) is 6.74. The van der Waals surface area contributed by atoms with Crippen molar-refractivity contribution in [3.63, 3.8) is 0 Å². The van der Waals surface area contributed by atoms with Gasteiger partial charge >= 0.3 is 0 Å². The molecule has 1 aliphatic rings. The molecule has 26 heavy (non-hydrogen) atoms. The Morgan fingerprint density at radius 1 is 1.12 bits per heavy atom. The standard InChI is InChI=1S/C21H18FN3O/c22-16-3-1-2-14(12-16)4-5-15-6-8-18-19(13-15)24-20-9-7-17(23)10-11-25(20)21(18)26/h1-3,6,8,12-13,17H,7,9-11,23H2. The fourth-order valence-corrected chi connectivity index (χ4v) is 3.23. The van der Waals surface area contributed by atoms with Crippen molar-refractivity contribution in [2.75, 3.05) is 0 Å². The molecule has 130 valence electrons. The third kappa shape index (κ3) is 3.24. The number of fused-ring (bicyclic) bond motifs is 2. The van der Waals surface area contributed by atoms with Gasteiger partial charge in [0, 0.05) is 30.1 Å². The zero-order chi connectivity index (χ0) is 18.1. The maximum Gasteiger partial charge on any atom is 0.261 e. The molecule has 0 amide bonds. The average molecular weight is 347 g/mol. The Kier molecular flexibility index (Phi) is 4.27. The Balaban J connectivity index is 1.75. The highest BCUT2D eigenvalue weighted by atomic mass is 19.1. The van der Waals surface area contributed by atoms with Crippen LogP contribution in [0.15, 0.2) is 47.3 Å². The zero-order valence-electron chi connectivity index (χ0n) is 14.2. The van der Waals surface area contributed by atoms with Gasteiger partial charge in [0.2, 0.25) is 0 Å². The number of aromatic nitrogens is 2. The number of benzene rings is 2. The lowest BCUT2D eigenvalue weighted by molar-refractivity contribution is 0.549. The van der Waals surface area contributed by atoms with Crippen LogP contribution in [-0.4, -0.2) is 15.6 Å². The molecule has 1 aliphatic heterocycles. The van der Waals surface area contributed by atoms with Crippen LogP contribution in [0.25, 0.3) is 10.9 Å². The zero-order valence-corrected chi connectivity index (χ0v) is 14.2. The molecule has 0 radical (unpaired) electrons. The van der Waals surface area contributed by atoms with Crippen molar-refractivity contribution in [3.8, 4) is 11.8 Å². The van der Waals surface area contributed by atoms with E-state index in [-0.39, 0.29) is 17.4 Å². The third-order valence-electron chi connectivity index (χ3n) is 4.67. The van der Waals surface area contributed by atoms with Crippen LogP contribution in [0.2, 0.25) is 0 Å². The maximum atomic E-state index is 13.2. The van der Waals surface area contributed by atoms with E-state index in [1.807, 2.05) is 6.07 Å². The first-order valence-electron chi connectivity index (χ1n) is 8.67. The van der Waals surface area contributed by atoms with E-state index in [2.05, 4.69) is 16.8 Å². The van der Waals surface area contributed by atoms with E-state index in [9.17, 15) is 9.18 Å². The van der Waals surface area contributed by atoms with Gasteiger partial charge < -0.3 is 5.73 Å². The Bertz CT molecular complexity index is 1110. The summed E-state index contributed by atoms with van der Waals surface area (Å²) in [5, 5.41) is 0.584. The minimum atomic E-state index is -0.314. The van der Waals surface area contributed by atoms with Gasteiger partial charge in [-0.2, -0.15) is 0 Å². The summed E-state index contributed by atoms with van der Waals surface area (Å²) in [7, 11) is 0. The van der Waals surface area contributed by atoms with Crippen molar-refractivity contribution < 1.29 is 4.39 Å². The number of hydrogen-bond donors (Lipinski definition) is 1. The average Bonchev–Trinajstić information content (AvgIpc) is 2.82. The predicted octanol–water partition coefficient (Wildman–Crippen LogP) is 2.60. The third-order valence-corrected chi connectivity index (χ3v) is 4.67. The van der Waals surface area contributed by atoms with E-state index in [0.29, 0.717) is 29.4 Å². The summed E-state index contributed by atoms with van der Waals surface area (Å²) in [6.07, 6.45) is 2.32. The molecule has 0 spiro atoms. The highest BCUT2D eigenvalue weighted by molar-refractivity contribution is 5.79. The first-order valence-corrected chi connectivity index (χ1v) is 8.67. The molecule has 2 aromatic carbocycles. The Labute approximate surface area is 150 Å². The van der Waals surface area contributed by atoms with Gasteiger partial charge in [0.25, 0.3) is 5.56 Å². The largest absolute Gasteiger partial charge is 0.328 e. The van der Waals surface area contributed by atoms with Gasteiger partial charge in [0.05, 0.1) is 10.9 Å². The fourth-order valence-electron chi connectivity index (χ4n) is 3.23. The van der Waals surface area contributed by atoms with Gasteiger partial charge in [0.15, 0.2) is 0 Å². The van der Waals surface area contributed by atoms with Crippen LogP contribution in [0, 0.1) is 17.7 Å². The molecule has 1 aromatic heterocycles. The van der Waals surface area contributed by atoms with Crippen LogP contribution in [0.4, 0.5) is 4.39 Å². The van der Waals surface area contributed by atoms with Gasteiger partial charge in [-0.3, -0.25) is 9.36 Å². The van der Waals surface area contributed by atoms with Gasteiger partial charge in [-0.1, -0.05) is 17.9 Å². The van der Waals surface area contributed by atoms with Crippen LogP contribution in [-0.2, 0) is 13.0 Å². The van der Waals surface area contributed by atoms with Crippen LogP contribution < -0.4 is 11.3 Å². The second-order valence-corrected chi connectivity index (χ2v) is 6.56. The van der Waals surface area contributed by atoms with Crippen molar-refractivity contribution in [3.05, 3.63) is 75.6 Å². The van der Waals surface area contributed by atoms with E-state index < -0.39 is 0 Å². The predicted molar refractivity (Wildman–Crippen MR) is 99.3 cm³/mol.